The molecule has 4 saturated carbocycles. The number of halogens is 1. The fourth-order valence-electron chi connectivity index (χ4n) is 7.55. The standard InChI is InChI=1S/C25H28ClN7O/c26-19-1-3-20(4-2-19)33-23-21(29-30-33)22(27-15-28-23)31-5-7-32(8-6-31)24(34)25-12-16-9-17(13-25)11-18(10-16)14-25/h1-4,15-18H,5-14H2. The molecular weight excluding hydrogens is 450 g/mol. The van der Waals surface area contributed by atoms with Crippen molar-refractivity contribution < 1.29 is 4.79 Å². The molecule has 8 rings (SSSR count). The van der Waals surface area contributed by atoms with Crippen LogP contribution in [0.1, 0.15) is 38.5 Å². The van der Waals surface area contributed by atoms with E-state index in [1.54, 1.807) is 11.0 Å². The zero-order valence-corrected chi connectivity index (χ0v) is 19.9. The third-order valence-electron chi connectivity index (χ3n) is 8.65. The van der Waals surface area contributed by atoms with E-state index < -0.39 is 0 Å². The zero-order valence-electron chi connectivity index (χ0n) is 19.1. The number of fused-ring (bicyclic) bond motifs is 1. The first kappa shape index (κ1) is 20.6. The quantitative estimate of drug-likeness (QED) is 0.572. The summed E-state index contributed by atoms with van der Waals surface area (Å²) in [5.41, 5.74) is 2.13. The van der Waals surface area contributed by atoms with Gasteiger partial charge in [-0.3, -0.25) is 4.79 Å². The number of hydrogen-bond acceptors (Lipinski definition) is 6. The minimum absolute atomic E-state index is 0.0691. The second-order valence-electron chi connectivity index (χ2n) is 10.8. The van der Waals surface area contributed by atoms with Crippen molar-refractivity contribution in [1.82, 2.24) is 29.9 Å². The van der Waals surface area contributed by atoms with Crippen molar-refractivity contribution in [3.63, 3.8) is 0 Å². The number of anilines is 1. The molecule has 176 valence electrons. The van der Waals surface area contributed by atoms with Crippen LogP contribution in [0.5, 0.6) is 0 Å². The molecule has 5 aliphatic rings. The number of amides is 1. The Balaban J connectivity index is 1.10. The molecule has 1 saturated heterocycles. The van der Waals surface area contributed by atoms with Crippen LogP contribution in [0.3, 0.4) is 0 Å². The summed E-state index contributed by atoms with van der Waals surface area (Å²) >= 11 is 6.03. The lowest BCUT2D eigenvalue weighted by Gasteiger charge is -2.57. The molecule has 9 heteroatoms. The summed E-state index contributed by atoms with van der Waals surface area (Å²) in [7, 11) is 0. The fourth-order valence-corrected chi connectivity index (χ4v) is 7.68. The van der Waals surface area contributed by atoms with E-state index in [1.165, 1.54) is 19.3 Å². The third-order valence-corrected chi connectivity index (χ3v) is 8.90. The third kappa shape index (κ3) is 3.21. The molecule has 1 aliphatic heterocycles. The minimum Gasteiger partial charge on any atom is -0.351 e. The number of benzene rings is 1. The Morgan fingerprint density at radius 1 is 0.912 bits per heavy atom. The van der Waals surface area contributed by atoms with E-state index in [1.807, 2.05) is 24.3 Å². The van der Waals surface area contributed by atoms with Gasteiger partial charge < -0.3 is 9.80 Å². The topological polar surface area (TPSA) is 80.0 Å². The van der Waals surface area contributed by atoms with Gasteiger partial charge in [-0.25, -0.2) is 9.97 Å². The van der Waals surface area contributed by atoms with Gasteiger partial charge in [0.25, 0.3) is 0 Å². The lowest BCUT2D eigenvalue weighted by Crippen LogP contribution is -2.58. The van der Waals surface area contributed by atoms with Gasteiger partial charge in [0, 0.05) is 31.2 Å². The van der Waals surface area contributed by atoms with Crippen LogP contribution < -0.4 is 4.90 Å². The van der Waals surface area contributed by atoms with Gasteiger partial charge in [0.2, 0.25) is 5.91 Å². The molecule has 3 aromatic rings. The highest BCUT2D eigenvalue weighted by Gasteiger charge is 2.55. The van der Waals surface area contributed by atoms with Crippen LogP contribution in [0.15, 0.2) is 30.6 Å². The Labute approximate surface area is 203 Å². The van der Waals surface area contributed by atoms with Gasteiger partial charge in [-0.05, 0) is 80.5 Å². The number of rotatable bonds is 3. The summed E-state index contributed by atoms with van der Waals surface area (Å²) in [6.45, 7) is 2.96. The molecule has 0 spiro atoms. The molecule has 2 aromatic heterocycles. The highest BCUT2D eigenvalue weighted by Crippen LogP contribution is 2.60. The first-order chi connectivity index (χ1) is 16.6. The number of aromatic nitrogens is 5. The van der Waals surface area contributed by atoms with E-state index in [0.717, 1.165) is 74.7 Å². The fraction of sp³-hybridized carbons (Fsp3) is 0.560. The van der Waals surface area contributed by atoms with Gasteiger partial charge in [0.05, 0.1) is 11.1 Å². The molecule has 0 N–H and O–H groups in total. The van der Waals surface area contributed by atoms with E-state index in [4.69, 9.17) is 11.6 Å². The maximum Gasteiger partial charge on any atom is 0.228 e. The molecule has 8 nitrogen and oxygen atoms in total. The van der Waals surface area contributed by atoms with Crippen LogP contribution in [0.4, 0.5) is 5.82 Å². The molecule has 3 heterocycles. The average Bonchev–Trinajstić information content (AvgIpc) is 3.28. The van der Waals surface area contributed by atoms with Crippen LogP contribution in [-0.2, 0) is 4.79 Å². The molecule has 0 radical (unpaired) electrons. The van der Waals surface area contributed by atoms with Gasteiger partial charge in [0.1, 0.15) is 6.33 Å². The van der Waals surface area contributed by atoms with Crippen LogP contribution in [0.25, 0.3) is 16.9 Å². The van der Waals surface area contributed by atoms with Crippen LogP contribution in [-0.4, -0.2) is 61.9 Å². The van der Waals surface area contributed by atoms with Gasteiger partial charge in [-0.15, -0.1) is 5.10 Å². The van der Waals surface area contributed by atoms with Crippen molar-refractivity contribution in [3.8, 4) is 5.69 Å². The molecule has 4 aliphatic carbocycles. The Morgan fingerprint density at radius 3 is 2.21 bits per heavy atom. The highest BCUT2D eigenvalue weighted by atomic mass is 35.5. The largest absolute Gasteiger partial charge is 0.351 e. The lowest BCUT2D eigenvalue weighted by atomic mass is 9.49. The van der Waals surface area contributed by atoms with Crippen LogP contribution >= 0.6 is 11.6 Å². The Kier molecular flexibility index (Phi) is 4.63. The minimum atomic E-state index is -0.0691. The van der Waals surface area contributed by atoms with Crippen molar-refractivity contribution in [2.45, 2.75) is 38.5 Å². The number of carbonyl (C=O) groups is 1. The Morgan fingerprint density at radius 2 is 1.56 bits per heavy atom. The molecule has 4 bridgehead atoms. The average molecular weight is 478 g/mol. The maximum absolute atomic E-state index is 13.7. The summed E-state index contributed by atoms with van der Waals surface area (Å²) in [4.78, 5) is 27.1. The van der Waals surface area contributed by atoms with E-state index in [-0.39, 0.29) is 5.41 Å². The first-order valence-corrected chi connectivity index (χ1v) is 12.8. The Hall–Kier alpha value is -2.74. The van der Waals surface area contributed by atoms with Crippen LogP contribution in [0.2, 0.25) is 5.02 Å². The summed E-state index contributed by atoms with van der Waals surface area (Å²) in [6, 6.07) is 7.44. The van der Waals surface area contributed by atoms with E-state index in [0.29, 0.717) is 22.1 Å². The Bertz CT molecular complexity index is 1210. The maximum atomic E-state index is 13.7. The smallest absolute Gasteiger partial charge is 0.228 e. The van der Waals surface area contributed by atoms with E-state index >= 15 is 0 Å². The summed E-state index contributed by atoms with van der Waals surface area (Å²) in [5, 5.41) is 9.41. The highest BCUT2D eigenvalue weighted by molar-refractivity contribution is 6.30. The summed E-state index contributed by atoms with van der Waals surface area (Å²) in [5.74, 6) is 3.57. The second-order valence-corrected chi connectivity index (χ2v) is 11.3. The normalized spacial score (nSPS) is 30.3. The molecule has 0 atom stereocenters. The van der Waals surface area contributed by atoms with Crippen molar-refractivity contribution in [2.24, 2.45) is 23.2 Å². The number of hydrogen-bond donors (Lipinski definition) is 0. The predicted molar refractivity (Wildman–Crippen MR) is 129 cm³/mol. The van der Waals surface area contributed by atoms with Crippen LogP contribution in [0, 0.1) is 23.2 Å². The second kappa shape index (κ2) is 7.63. The number of piperazine rings is 1. The summed E-state index contributed by atoms with van der Waals surface area (Å²) < 4.78 is 1.71. The molecule has 34 heavy (non-hydrogen) atoms. The monoisotopic (exact) mass is 477 g/mol. The number of carbonyl (C=O) groups excluding carboxylic acids is 1. The molecule has 1 aromatic carbocycles. The van der Waals surface area contributed by atoms with Crippen molar-refractivity contribution in [3.05, 3.63) is 35.6 Å². The zero-order chi connectivity index (χ0) is 22.9. The first-order valence-electron chi connectivity index (χ1n) is 12.4. The molecular formula is C25H28ClN7O. The number of nitrogens with zero attached hydrogens (tertiary/aromatic N) is 7. The SMILES string of the molecule is O=C(N1CCN(c2ncnc3c2nnn3-c2ccc(Cl)cc2)CC1)C12CC3CC(CC(C3)C1)C2. The van der Waals surface area contributed by atoms with Gasteiger partial charge in [0.15, 0.2) is 17.0 Å². The van der Waals surface area contributed by atoms with Crippen molar-refractivity contribution in [2.75, 3.05) is 31.1 Å². The van der Waals surface area contributed by atoms with Crippen molar-refractivity contribution in [1.29, 1.82) is 0 Å². The van der Waals surface area contributed by atoms with Gasteiger partial charge >= 0.3 is 0 Å². The van der Waals surface area contributed by atoms with Gasteiger partial charge in [-0.1, -0.05) is 16.8 Å². The molecule has 5 fully saturated rings. The lowest BCUT2D eigenvalue weighted by molar-refractivity contribution is -0.158. The molecule has 1 amide bonds. The van der Waals surface area contributed by atoms with Gasteiger partial charge in [-0.2, -0.15) is 4.68 Å². The predicted octanol–water partition coefficient (Wildman–Crippen LogP) is 3.73. The van der Waals surface area contributed by atoms with E-state index in [9.17, 15) is 4.79 Å². The van der Waals surface area contributed by atoms with E-state index in [2.05, 4.69) is 30.1 Å². The summed E-state index contributed by atoms with van der Waals surface area (Å²) in [6.07, 6.45) is 9.03. The van der Waals surface area contributed by atoms with Crippen molar-refractivity contribution >= 4 is 34.5 Å². The molecule has 0 unspecified atom stereocenters.